The van der Waals surface area contributed by atoms with E-state index in [0.717, 1.165) is 42.6 Å². The number of aryl methyl sites for hydroxylation is 2. The number of rotatable bonds is 6. The van der Waals surface area contributed by atoms with Crippen molar-refractivity contribution in [2.75, 3.05) is 44.2 Å². The lowest BCUT2D eigenvalue weighted by Gasteiger charge is -2.36. The molecule has 1 atom stereocenters. The molecule has 1 fully saturated rings. The van der Waals surface area contributed by atoms with Gasteiger partial charge < -0.3 is 14.7 Å². The van der Waals surface area contributed by atoms with Gasteiger partial charge in [-0.2, -0.15) is 0 Å². The molecule has 1 heterocycles. The zero-order valence-corrected chi connectivity index (χ0v) is 16.2. The average molecular weight is 375 g/mol. The van der Waals surface area contributed by atoms with Crippen molar-refractivity contribution < 1.29 is 9.84 Å². The van der Waals surface area contributed by atoms with E-state index < -0.39 is 6.10 Å². The van der Waals surface area contributed by atoms with Gasteiger partial charge in [-0.05, 0) is 55.3 Å². The monoisotopic (exact) mass is 374 g/mol. The minimum absolute atomic E-state index is 0.316. The third-order valence-corrected chi connectivity index (χ3v) is 5.17. The first kappa shape index (κ1) is 19.0. The summed E-state index contributed by atoms with van der Waals surface area (Å²) in [7, 11) is 0. The van der Waals surface area contributed by atoms with Crippen molar-refractivity contribution in [3.8, 4) is 5.75 Å². The third-order valence-electron chi connectivity index (χ3n) is 4.94. The second kappa shape index (κ2) is 8.76. The van der Waals surface area contributed by atoms with E-state index in [1.807, 2.05) is 36.4 Å². The molecule has 3 rings (SSSR count). The average Bonchev–Trinajstić information content (AvgIpc) is 2.63. The highest BCUT2D eigenvalue weighted by molar-refractivity contribution is 6.30. The van der Waals surface area contributed by atoms with Crippen molar-refractivity contribution in [3.05, 3.63) is 58.6 Å². The smallest absolute Gasteiger partial charge is 0.119 e. The number of piperazine rings is 1. The van der Waals surface area contributed by atoms with Gasteiger partial charge in [-0.15, -0.1) is 0 Å². The second-order valence-electron chi connectivity index (χ2n) is 6.98. The standard InChI is InChI=1S/C21H27ClN2O2/c1-16-6-7-21(12-17(16)2)26-15-20(25)14-23-8-10-24(11-9-23)19-5-3-4-18(22)13-19/h3-7,12-13,20,25H,8-11,14-15H2,1-2H3. The summed E-state index contributed by atoms with van der Waals surface area (Å²) in [5, 5.41) is 11.1. The summed E-state index contributed by atoms with van der Waals surface area (Å²) >= 11 is 6.08. The summed E-state index contributed by atoms with van der Waals surface area (Å²) in [6, 6.07) is 14.0. The molecule has 26 heavy (non-hydrogen) atoms. The Morgan fingerprint density at radius 1 is 1.04 bits per heavy atom. The van der Waals surface area contributed by atoms with Crippen molar-refractivity contribution >= 4 is 17.3 Å². The SMILES string of the molecule is Cc1ccc(OCC(O)CN2CCN(c3cccc(Cl)c3)CC2)cc1C. The third kappa shape index (κ3) is 5.13. The van der Waals surface area contributed by atoms with Gasteiger partial charge in [0.1, 0.15) is 18.5 Å². The zero-order valence-electron chi connectivity index (χ0n) is 15.5. The van der Waals surface area contributed by atoms with Gasteiger partial charge in [0.25, 0.3) is 0 Å². The van der Waals surface area contributed by atoms with Gasteiger partial charge >= 0.3 is 0 Å². The second-order valence-corrected chi connectivity index (χ2v) is 7.41. The number of halogens is 1. The highest BCUT2D eigenvalue weighted by Gasteiger charge is 2.20. The van der Waals surface area contributed by atoms with Gasteiger partial charge in [0.2, 0.25) is 0 Å². The number of nitrogens with zero attached hydrogens (tertiary/aromatic N) is 2. The molecule has 0 radical (unpaired) electrons. The number of aliphatic hydroxyl groups excluding tert-OH is 1. The summed E-state index contributed by atoms with van der Waals surface area (Å²) in [5.41, 5.74) is 3.61. The van der Waals surface area contributed by atoms with Gasteiger partial charge in [-0.3, -0.25) is 4.90 Å². The van der Waals surface area contributed by atoms with Crippen LogP contribution in [-0.2, 0) is 0 Å². The normalized spacial score (nSPS) is 16.5. The number of ether oxygens (including phenoxy) is 1. The van der Waals surface area contributed by atoms with Crippen LogP contribution in [0.3, 0.4) is 0 Å². The number of benzene rings is 2. The van der Waals surface area contributed by atoms with E-state index in [1.165, 1.54) is 11.1 Å². The Kier molecular flexibility index (Phi) is 6.41. The van der Waals surface area contributed by atoms with Gasteiger partial charge in [-0.25, -0.2) is 0 Å². The Balaban J connectivity index is 1.43. The van der Waals surface area contributed by atoms with Crippen molar-refractivity contribution in [2.24, 2.45) is 0 Å². The molecule has 0 aliphatic carbocycles. The van der Waals surface area contributed by atoms with E-state index in [-0.39, 0.29) is 0 Å². The molecule has 4 nitrogen and oxygen atoms in total. The highest BCUT2D eigenvalue weighted by Crippen LogP contribution is 2.21. The van der Waals surface area contributed by atoms with Crippen LogP contribution in [0.25, 0.3) is 0 Å². The fourth-order valence-electron chi connectivity index (χ4n) is 3.21. The Morgan fingerprint density at radius 2 is 1.81 bits per heavy atom. The van der Waals surface area contributed by atoms with Crippen LogP contribution >= 0.6 is 11.6 Å². The van der Waals surface area contributed by atoms with Gasteiger partial charge in [-0.1, -0.05) is 23.7 Å². The van der Waals surface area contributed by atoms with Gasteiger partial charge in [0, 0.05) is 43.4 Å². The predicted octanol–water partition coefficient (Wildman–Crippen LogP) is 3.52. The van der Waals surface area contributed by atoms with E-state index in [9.17, 15) is 5.11 Å². The Hall–Kier alpha value is -1.75. The van der Waals surface area contributed by atoms with Crippen LogP contribution in [-0.4, -0.2) is 55.4 Å². The number of hydrogen-bond donors (Lipinski definition) is 1. The fourth-order valence-corrected chi connectivity index (χ4v) is 3.39. The summed E-state index contributed by atoms with van der Waals surface area (Å²) < 4.78 is 5.75. The highest BCUT2D eigenvalue weighted by atomic mass is 35.5. The van der Waals surface area contributed by atoms with Crippen molar-refractivity contribution in [3.63, 3.8) is 0 Å². The molecular weight excluding hydrogens is 348 g/mol. The first-order chi connectivity index (χ1) is 12.5. The topological polar surface area (TPSA) is 35.9 Å². The van der Waals surface area contributed by atoms with Crippen LogP contribution in [0.4, 0.5) is 5.69 Å². The largest absolute Gasteiger partial charge is 0.491 e. The lowest BCUT2D eigenvalue weighted by atomic mass is 10.1. The molecular formula is C21H27ClN2O2. The van der Waals surface area contributed by atoms with E-state index in [1.54, 1.807) is 0 Å². The maximum atomic E-state index is 10.3. The van der Waals surface area contributed by atoms with Crippen LogP contribution in [0.2, 0.25) is 5.02 Å². The lowest BCUT2D eigenvalue weighted by molar-refractivity contribution is 0.0663. The summed E-state index contributed by atoms with van der Waals surface area (Å²) in [4.78, 5) is 4.62. The van der Waals surface area contributed by atoms with Gasteiger partial charge in [0.15, 0.2) is 0 Å². The lowest BCUT2D eigenvalue weighted by Crippen LogP contribution is -2.49. The van der Waals surface area contributed by atoms with Crippen molar-refractivity contribution in [2.45, 2.75) is 20.0 Å². The molecule has 0 aromatic heterocycles. The van der Waals surface area contributed by atoms with Crippen molar-refractivity contribution in [1.29, 1.82) is 0 Å². The molecule has 1 aliphatic heterocycles. The Labute approximate surface area is 160 Å². The molecule has 1 aliphatic rings. The summed E-state index contributed by atoms with van der Waals surface area (Å²) in [6.07, 6.45) is -0.491. The van der Waals surface area contributed by atoms with E-state index >= 15 is 0 Å². The van der Waals surface area contributed by atoms with Gasteiger partial charge in [0.05, 0.1) is 0 Å². The number of aliphatic hydroxyl groups is 1. The van der Waals surface area contributed by atoms with E-state index in [2.05, 4.69) is 29.7 Å². The molecule has 2 aromatic rings. The number of hydrogen-bond acceptors (Lipinski definition) is 4. The predicted molar refractivity (Wildman–Crippen MR) is 108 cm³/mol. The molecule has 140 valence electrons. The molecule has 0 amide bonds. The molecule has 1 unspecified atom stereocenters. The molecule has 1 saturated heterocycles. The number of β-amino-alcohol motifs (C(OH)–C–C–N with tert-alkyl or cyclic N) is 1. The zero-order chi connectivity index (χ0) is 18.5. The quantitative estimate of drug-likeness (QED) is 0.839. The molecule has 0 spiro atoms. The minimum atomic E-state index is -0.491. The van der Waals surface area contributed by atoms with E-state index in [4.69, 9.17) is 16.3 Å². The Bertz CT molecular complexity index is 730. The van der Waals surface area contributed by atoms with Crippen molar-refractivity contribution in [1.82, 2.24) is 4.90 Å². The minimum Gasteiger partial charge on any atom is -0.491 e. The molecule has 0 saturated carbocycles. The first-order valence-electron chi connectivity index (χ1n) is 9.12. The molecule has 0 bridgehead atoms. The molecule has 1 N–H and O–H groups in total. The van der Waals surface area contributed by atoms with Crippen LogP contribution in [0, 0.1) is 13.8 Å². The van der Waals surface area contributed by atoms with Crippen LogP contribution < -0.4 is 9.64 Å². The maximum absolute atomic E-state index is 10.3. The number of anilines is 1. The molecule has 5 heteroatoms. The fraction of sp³-hybridized carbons (Fsp3) is 0.429. The first-order valence-corrected chi connectivity index (χ1v) is 9.50. The summed E-state index contributed by atoms with van der Waals surface area (Å²) in [6.45, 7) is 8.82. The van der Waals surface area contributed by atoms with Crippen LogP contribution in [0.1, 0.15) is 11.1 Å². The maximum Gasteiger partial charge on any atom is 0.119 e. The van der Waals surface area contributed by atoms with Crippen LogP contribution in [0.5, 0.6) is 5.75 Å². The summed E-state index contributed by atoms with van der Waals surface area (Å²) in [5.74, 6) is 0.818. The van der Waals surface area contributed by atoms with E-state index in [0.29, 0.717) is 13.2 Å². The van der Waals surface area contributed by atoms with Crippen LogP contribution in [0.15, 0.2) is 42.5 Å². The Morgan fingerprint density at radius 3 is 2.50 bits per heavy atom. The molecule has 2 aromatic carbocycles.